The van der Waals surface area contributed by atoms with E-state index in [9.17, 15) is 0 Å². The predicted octanol–water partition coefficient (Wildman–Crippen LogP) is 5.87. The van der Waals surface area contributed by atoms with E-state index < -0.39 is 0 Å². The number of hydrogen-bond donors (Lipinski definition) is 1. The Balaban J connectivity index is 2.16. The monoisotopic (exact) mass is 392 g/mol. The topological polar surface area (TPSA) is 12.0 Å². The SMILES string of the molecule is CCCCCCCCCc1ccc(NC(=S)[S][Mo])cc1. The molecule has 0 heterocycles. The molecule has 0 saturated carbocycles. The van der Waals surface area contributed by atoms with Crippen molar-refractivity contribution in [2.45, 2.75) is 58.3 Å². The fraction of sp³-hybridized carbons (Fsp3) is 0.562. The van der Waals surface area contributed by atoms with Crippen LogP contribution in [0.25, 0.3) is 0 Å². The number of hydrogen-bond acceptors (Lipinski definition) is 2. The van der Waals surface area contributed by atoms with Gasteiger partial charge >= 0.3 is 117 Å². The molecule has 1 aromatic rings. The number of anilines is 1. The van der Waals surface area contributed by atoms with E-state index in [-0.39, 0.29) is 0 Å². The molecule has 0 aliphatic carbocycles. The van der Waals surface area contributed by atoms with Gasteiger partial charge in [-0.15, -0.1) is 0 Å². The summed E-state index contributed by atoms with van der Waals surface area (Å²) in [7, 11) is 1.58. The molecule has 4 heteroatoms. The Morgan fingerprint density at radius 1 is 1.05 bits per heavy atom. The minimum absolute atomic E-state index is 0.828. The van der Waals surface area contributed by atoms with Crippen LogP contribution in [-0.4, -0.2) is 4.32 Å². The van der Waals surface area contributed by atoms with Crippen molar-refractivity contribution in [2.24, 2.45) is 0 Å². The van der Waals surface area contributed by atoms with Gasteiger partial charge in [-0.1, -0.05) is 26.2 Å². The third kappa shape index (κ3) is 8.44. The first kappa shape index (κ1) is 18.2. The van der Waals surface area contributed by atoms with Gasteiger partial charge in [-0.25, -0.2) is 0 Å². The number of nitrogens with one attached hydrogen (secondary N) is 1. The van der Waals surface area contributed by atoms with Crippen molar-refractivity contribution >= 4 is 31.7 Å². The van der Waals surface area contributed by atoms with E-state index in [4.69, 9.17) is 12.2 Å². The van der Waals surface area contributed by atoms with Crippen LogP contribution in [0.15, 0.2) is 24.3 Å². The Labute approximate surface area is 143 Å². The van der Waals surface area contributed by atoms with Crippen molar-refractivity contribution in [2.75, 3.05) is 5.32 Å². The Hall–Kier alpha value is 0.148. The van der Waals surface area contributed by atoms with E-state index in [1.54, 1.807) is 9.47 Å². The number of rotatable bonds is 9. The standard InChI is InChI=1S/C16H25NS2.Mo/c1-2-3-4-5-6-7-8-9-14-10-12-15(13-11-14)17-16(18)19;/h10-13H,2-9H2,1H3,(H2,17,18,19);/q;+1/p-1. The number of unbranched alkanes of at least 4 members (excludes halogenated alkanes) is 6. The van der Waals surface area contributed by atoms with Crippen molar-refractivity contribution in [1.82, 2.24) is 0 Å². The molecule has 20 heavy (non-hydrogen) atoms. The molecule has 111 valence electrons. The van der Waals surface area contributed by atoms with Gasteiger partial charge in [0.05, 0.1) is 0 Å². The molecule has 0 aliphatic heterocycles. The predicted molar refractivity (Wildman–Crippen MR) is 92.0 cm³/mol. The van der Waals surface area contributed by atoms with Crippen molar-refractivity contribution in [3.63, 3.8) is 0 Å². The first-order valence-electron chi connectivity index (χ1n) is 7.46. The van der Waals surface area contributed by atoms with Crippen LogP contribution in [0, 0.1) is 0 Å². The Morgan fingerprint density at radius 3 is 2.25 bits per heavy atom. The molecule has 1 aromatic carbocycles. The van der Waals surface area contributed by atoms with Gasteiger partial charge in [-0.2, -0.15) is 0 Å². The molecule has 0 unspecified atom stereocenters. The molecule has 0 spiro atoms. The number of thiocarbonyl (C=S) groups is 1. The summed E-state index contributed by atoms with van der Waals surface area (Å²) in [4.78, 5) is 0. The van der Waals surface area contributed by atoms with E-state index in [2.05, 4.69) is 36.5 Å². The van der Waals surface area contributed by atoms with Crippen LogP contribution in [0.3, 0.4) is 0 Å². The van der Waals surface area contributed by atoms with Crippen molar-refractivity contribution in [1.29, 1.82) is 0 Å². The maximum absolute atomic E-state index is 5.15. The van der Waals surface area contributed by atoms with Crippen LogP contribution in [0.4, 0.5) is 5.69 Å². The molecule has 1 rings (SSSR count). The summed E-state index contributed by atoms with van der Waals surface area (Å²) in [6.07, 6.45) is 10.8. The van der Waals surface area contributed by atoms with Crippen LogP contribution in [0.5, 0.6) is 0 Å². The van der Waals surface area contributed by atoms with E-state index in [0.717, 1.165) is 10.0 Å². The van der Waals surface area contributed by atoms with Gasteiger partial charge in [0.25, 0.3) is 0 Å². The molecule has 0 bridgehead atoms. The van der Waals surface area contributed by atoms with Gasteiger partial charge < -0.3 is 0 Å². The fourth-order valence-corrected chi connectivity index (χ4v) is 2.76. The van der Waals surface area contributed by atoms with Crippen LogP contribution < -0.4 is 5.32 Å². The zero-order chi connectivity index (χ0) is 14.6. The van der Waals surface area contributed by atoms with Gasteiger partial charge in [0.15, 0.2) is 0 Å². The molecule has 1 nitrogen and oxygen atoms in total. The summed E-state index contributed by atoms with van der Waals surface area (Å²) in [6, 6.07) is 8.67. The van der Waals surface area contributed by atoms with E-state index in [1.807, 2.05) is 18.5 Å². The fourth-order valence-electron chi connectivity index (χ4n) is 2.18. The summed E-state index contributed by atoms with van der Waals surface area (Å²) < 4.78 is 0.828. The van der Waals surface area contributed by atoms with Gasteiger partial charge in [-0.3, -0.25) is 0 Å². The van der Waals surface area contributed by atoms with Crippen LogP contribution in [0.2, 0.25) is 0 Å². The molecule has 1 N–H and O–H groups in total. The summed E-state index contributed by atoms with van der Waals surface area (Å²) in [5.74, 6) is 0. The van der Waals surface area contributed by atoms with Crippen molar-refractivity contribution in [3.8, 4) is 0 Å². The molecule has 0 saturated heterocycles. The quantitative estimate of drug-likeness (QED) is 0.322. The summed E-state index contributed by atoms with van der Waals surface area (Å²) >= 11 is 7.08. The third-order valence-corrected chi connectivity index (χ3v) is 6.02. The van der Waals surface area contributed by atoms with Gasteiger partial charge in [0, 0.05) is 0 Å². The molecule has 0 fully saturated rings. The van der Waals surface area contributed by atoms with E-state index >= 15 is 0 Å². The van der Waals surface area contributed by atoms with Gasteiger partial charge in [-0.05, 0) is 0 Å². The first-order chi connectivity index (χ1) is 9.76. The van der Waals surface area contributed by atoms with Gasteiger partial charge in [0.1, 0.15) is 0 Å². The van der Waals surface area contributed by atoms with Crippen molar-refractivity contribution in [3.05, 3.63) is 29.8 Å². The number of aryl methyl sites for hydroxylation is 1. The van der Waals surface area contributed by atoms with Gasteiger partial charge in [0.2, 0.25) is 0 Å². The average Bonchev–Trinajstić information content (AvgIpc) is 2.48. The second-order valence-corrected chi connectivity index (χ2v) is 7.53. The Bertz CT molecular complexity index is 379. The Morgan fingerprint density at radius 2 is 1.65 bits per heavy atom. The van der Waals surface area contributed by atoms with E-state index in [0.29, 0.717) is 0 Å². The first-order valence-corrected chi connectivity index (χ1v) is 11.1. The van der Waals surface area contributed by atoms with Crippen molar-refractivity contribution < 1.29 is 18.5 Å². The normalized spacial score (nSPS) is 10.4. The molecule has 0 atom stereocenters. The van der Waals surface area contributed by atoms with Crippen LogP contribution in [0.1, 0.15) is 57.4 Å². The molecular weight excluding hydrogens is 366 g/mol. The third-order valence-electron chi connectivity index (χ3n) is 3.35. The zero-order valence-corrected chi connectivity index (χ0v) is 15.8. The van der Waals surface area contributed by atoms with E-state index in [1.165, 1.54) is 56.9 Å². The average molecular weight is 390 g/mol. The van der Waals surface area contributed by atoms with Crippen LogP contribution >= 0.6 is 21.7 Å². The Kier molecular flexibility index (Phi) is 10.7. The molecule has 0 aromatic heterocycles. The molecule has 0 aliphatic rings. The summed E-state index contributed by atoms with van der Waals surface area (Å²) in [6.45, 7) is 2.27. The number of benzene rings is 1. The summed E-state index contributed by atoms with van der Waals surface area (Å²) in [5, 5.41) is 3.21. The minimum atomic E-state index is 0.828. The summed E-state index contributed by atoms with van der Waals surface area (Å²) in [5.41, 5.74) is 2.52. The maximum atomic E-state index is 5.15. The molecular formula is C16H24MoNS2. The molecule has 0 amide bonds. The molecule has 0 radical (unpaired) electrons. The van der Waals surface area contributed by atoms with Crippen LogP contribution in [-0.2, 0) is 25.0 Å². The zero-order valence-electron chi connectivity index (χ0n) is 12.2. The second-order valence-electron chi connectivity index (χ2n) is 5.06. The second kappa shape index (κ2) is 11.8.